The van der Waals surface area contributed by atoms with Crippen LogP contribution in [0.15, 0.2) is 36.7 Å². The number of thioether (sulfide) groups is 1. The molecule has 0 aliphatic carbocycles. The van der Waals surface area contributed by atoms with Crippen molar-refractivity contribution >= 4 is 11.8 Å². The zero-order valence-electron chi connectivity index (χ0n) is 24.2. The number of halogens is 3. The molecule has 0 amide bonds. The van der Waals surface area contributed by atoms with E-state index in [1.807, 2.05) is 32.9 Å². The van der Waals surface area contributed by atoms with Gasteiger partial charge in [0.25, 0.3) is 0 Å². The molecule has 10 nitrogen and oxygen atoms in total. The maximum Gasteiger partial charge on any atom is 0.194 e. The van der Waals surface area contributed by atoms with Crippen LogP contribution >= 0.6 is 11.8 Å². The van der Waals surface area contributed by atoms with Crippen LogP contribution in [0.5, 0.6) is 0 Å². The molecule has 0 spiro atoms. The highest BCUT2D eigenvalue weighted by molar-refractivity contribution is 8.00. The molecule has 3 aromatic rings. The third kappa shape index (κ3) is 6.32. The number of benzene rings is 1. The summed E-state index contributed by atoms with van der Waals surface area (Å²) in [6, 6.07) is 4.33. The largest absolute Gasteiger partial charge is 0.394 e. The van der Waals surface area contributed by atoms with Crippen LogP contribution in [0, 0.1) is 24.4 Å². The zero-order valence-corrected chi connectivity index (χ0v) is 25.0. The van der Waals surface area contributed by atoms with E-state index in [1.54, 1.807) is 6.20 Å². The second-order valence-electron chi connectivity index (χ2n) is 11.6. The molecule has 4 heterocycles. The summed E-state index contributed by atoms with van der Waals surface area (Å²) in [5.41, 5.74) is -1.24. The van der Waals surface area contributed by atoms with E-state index in [2.05, 4.69) is 15.3 Å². The summed E-state index contributed by atoms with van der Waals surface area (Å²) in [6.45, 7) is 5.52. The van der Waals surface area contributed by atoms with Crippen LogP contribution in [-0.4, -0.2) is 90.6 Å². The molecule has 2 saturated heterocycles. The van der Waals surface area contributed by atoms with E-state index in [1.165, 1.54) is 29.8 Å². The summed E-state index contributed by atoms with van der Waals surface area (Å²) < 4.78 is 60.6. The van der Waals surface area contributed by atoms with Gasteiger partial charge >= 0.3 is 0 Å². The molecule has 14 heteroatoms. The van der Waals surface area contributed by atoms with E-state index in [0.29, 0.717) is 25.1 Å². The summed E-state index contributed by atoms with van der Waals surface area (Å²) in [5, 5.41) is 41.0. The molecule has 1 unspecified atom stereocenters. The molecular formula is C29H35F3N4O6S. The van der Waals surface area contributed by atoms with Crippen molar-refractivity contribution in [2.45, 2.75) is 79.9 Å². The summed E-state index contributed by atoms with van der Waals surface area (Å²) in [6.07, 6.45) is 0.341. The Morgan fingerprint density at radius 2 is 1.95 bits per heavy atom. The Kier molecular flexibility index (Phi) is 9.19. The number of hydrogen-bond donors (Lipinski definition) is 3. The first kappa shape index (κ1) is 31.8. The van der Waals surface area contributed by atoms with Crippen molar-refractivity contribution in [3.05, 3.63) is 65.4 Å². The minimum Gasteiger partial charge on any atom is -0.394 e. The van der Waals surface area contributed by atoms with Crippen LogP contribution in [0.1, 0.15) is 49.2 Å². The third-order valence-corrected chi connectivity index (χ3v) is 9.59. The highest BCUT2D eigenvalue weighted by Crippen LogP contribution is 2.51. The molecule has 7 atom stereocenters. The van der Waals surface area contributed by atoms with Gasteiger partial charge in [0.2, 0.25) is 0 Å². The fourth-order valence-electron chi connectivity index (χ4n) is 5.94. The van der Waals surface area contributed by atoms with Crippen molar-refractivity contribution in [2.75, 3.05) is 20.3 Å². The quantitative estimate of drug-likeness (QED) is 0.320. The Labute approximate surface area is 251 Å². The zero-order chi connectivity index (χ0) is 31.1. The van der Waals surface area contributed by atoms with Gasteiger partial charge in [0.05, 0.1) is 41.6 Å². The SMILES string of the molecule is CO[C@@H]1[C@@H](n2cc(-c3cc(F)c(F)c(F)c3)nn2)[C@@H](O)[C@@H](CO)O[C@H]1S[C@@H](c1ncccc1C)C1(O)CCOC(C)(C)C1. The van der Waals surface area contributed by atoms with Gasteiger partial charge in [-0.3, -0.25) is 4.98 Å². The first-order valence-corrected chi connectivity index (χ1v) is 14.8. The number of hydrogen-bond acceptors (Lipinski definition) is 10. The van der Waals surface area contributed by atoms with Crippen molar-refractivity contribution < 1.29 is 42.7 Å². The number of aromatic nitrogens is 4. The number of aryl methyl sites for hydroxylation is 1. The van der Waals surface area contributed by atoms with E-state index in [0.717, 1.165) is 17.7 Å². The van der Waals surface area contributed by atoms with Gasteiger partial charge in [0, 0.05) is 31.7 Å². The average molecular weight is 625 g/mol. The summed E-state index contributed by atoms with van der Waals surface area (Å²) >= 11 is 1.26. The highest BCUT2D eigenvalue weighted by Gasteiger charge is 2.52. The van der Waals surface area contributed by atoms with E-state index in [4.69, 9.17) is 14.2 Å². The molecule has 3 N–H and O–H groups in total. The molecule has 0 bridgehead atoms. The van der Waals surface area contributed by atoms with Gasteiger partial charge in [-0.15, -0.1) is 16.9 Å². The molecule has 2 fully saturated rings. The van der Waals surface area contributed by atoms with E-state index in [9.17, 15) is 28.5 Å². The van der Waals surface area contributed by atoms with Gasteiger partial charge in [0.1, 0.15) is 35.5 Å². The molecule has 2 aliphatic heterocycles. The smallest absolute Gasteiger partial charge is 0.194 e. The topological polar surface area (TPSA) is 132 Å². The van der Waals surface area contributed by atoms with Crippen molar-refractivity contribution in [3.63, 3.8) is 0 Å². The molecule has 5 rings (SSSR count). The molecule has 2 aromatic heterocycles. The number of pyridine rings is 1. The summed E-state index contributed by atoms with van der Waals surface area (Å²) in [4.78, 5) is 4.62. The van der Waals surface area contributed by atoms with Gasteiger partial charge < -0.3 is 29.5 Å². The van der Waals surface area contributed by atoms with Crippen LogP contribution in [0.3, 0.4) is 0 Å². The first-order valence-electron chi connectivity index (χ1n) is 13.8. The predicted octanol–water partition coefficient (Wildman–Crippen LogP) is 3.49. The van der Waals surface area contributed by atoms with Crippen molar-refractivity contribution in [3.8, 4) is 11.3 Å². The monoisotopic (exact) mass is 624 g/mol. The Morgan fingerprint density at radius 1 is 1.23 bits per heavy atom. The lowest BCUT2D eigenvalue weighted by molar-refractivity contribution is -0.187. The van der Waals surface area contributed by atoms with Crippen molar-refractivity contribution in [1.29, 1.82) is 0 Å². The lowest BCUT2D eigenvalue weighted by atomic mass is 9.80. The second kappa shape index (κ2) is 12.4. The standard InChI is InChI=1S/C29H35F3N4O6S/c1-15-6-5-8-33-22(15)26(29(39)7-9-41-28(2,3)14-29)43-27-25(40-4)23(24(38)20(13-37)42-27)36-12-19(34-35-36)16-10-17(30)21(32)18(31)11-16/h5-6,8,10-12,20,23-27,37-39H,7,9,13-14H2,1-4H3/t20-,23+,24+,25-,26+,27+,29?/m1/s1. The maximum atomic E-state index is 13.9. The summed E-state index contributed by atoms with van der Waals surface area (Å²) in [7, 11) is 1.43. The van der Waals surface area contributed by atoms with Crippen molar-refractivity contribution in [2.24, 2.45) is 0 Å². The molecule has 234 valence electrons. The fourth-order valence-corrected chi connectivity index (χ4v) is 7.67. The maximum absolute atomic E-state index is 13.9. The minimum absolute atomic E-state index is 0.0248. The predicted molar refractivity (Wildman–Crippen MR) is 150 cm³/mol. The number of ether oxygens (including phenoxy) is 3. The number of aliphatic hydroxyl groups is 3. The van der Waals surface area contributed by atoms with Gasteiger partial charge in [-0.1, -0.05) is 11.3 Å². The number of aliphatic hydroxyl groups excluding tert-OH is 2. The molecule has 0 radical (unpaired) electrons. The third-order valence-electron chi connectivity index (χ3n) is 8.01. The van der Waals surface area contributed by atoms with Crippen LogP contribution in [0.25, 0.3) is 11.3 Å². The van der Waals surface area contributed by atoms with E-state index in [-0.39, 0.29) is 11.3 Å². The summed E-state index contributed by atoms with van der Waals surface area (Å²) in [5.74, 6) is -4.37. The van der Waals surface area contributed by atoms with E-state index < -0.39 is 70.3 Å². The average Bonchev–Trinajstić information content (AvgIpc) is 3.44. The second-order valence-corrected chi connectivity index (χ2v) is 12.8. The van der Waals surface area contributed by atoms with Crippen LogP contribution in [0.2, 0.25) is 0 Å². The highest BCUT2D eigenvalue weighted by atomic mass is 32.2. The fraction of sp³-hybridized carbons (Fsp3) is 0.552. The molecule has 0 saturated carbocycles. The molecule has 2 aliphatic rings. The molecular weight excluding hydrogens is 589 g/mol. The number of methoxy groups -OCH3 is 1. The van der Waals surface area contributed by atoms with Crippen LogP contribution in [0.4, 0.5) is 13.2 Å². The normalized spacial score (nSPS) is 29.9. The van der Waals surface area contributed by atoms with Crippen LogP contribution in [-0.2, 0) is 14.2 Å². The van der Waals surface area contributed by atoms with E-state index >= 15 is 0 Å². The van der Waals surface area contributed by atoms with Crippen LogP contribution < -0.4 is 0 Å². The first-order chi connectivity index (χ1) is 20.4. The Morgan fingerprint density at radius 3 is 2.58 bits per heavy atom. The van der Waals surface area contributed by atoms with Gasteiger partial charge in [-0.05, 0) is 44.5 Å². The molecule has 43 heavy (non-hydrogen) atoms. The molecule has 1 aromatic carbocycles. The Balaban J connectivity index is 1.52. The lowest BCUT2D eigenvalue weighted by Crippen LogP contribution is -2.56. The Hall–Kier alpha value is -2.59. The van der Waals surface area contributed by atoms with Crippen molar-refractivity contribution in [1.82, 2.24) is 20.0 Å². The van der Waals surface area contributed by atoms with Gasteiger partial charge in [-0.25, -0.2) is 17.9 Å². The minimum atomic E-state index is -1.60. The number of rotatable bonds is 8. The number of nitrogens with zero attached hydrogens (tertiary/aromatic N) is 4. The van der Waals surface area contributed by atoms with Gasteiger partial charge in [-0.2, -0.15) is 0 Å². The Bertz CT molecular complexity index is 1420. The van der Waals surface area contributed by atoms with Gasteiger partial charge in [0.15, 0.2) is 17.5 Å². The lowest BCUT2D eigenvalue weighted by Gasteiger charge is -2.48.